The number of hydrogen-bond donors (Lipinski definition) is 2. The molecule has 1 aromatic carbocycles. The average Bonchev–Trinajstić information content (AvgIpc) is 2.50. The van der Waals surface area contributed by atoms with Crippen LogP contribution in [-0.4, -0.2) is 23.0 Å². The summed E-state index contributed by atoms with van der Waals surface area (Å²) < 4.78 is 0. The Morgan fingerprint density at radius 1 is 1.14 bits per heavy atom. The molecular formula is C14H11ClN4O2. The van der Waals surface area contributed by atoms with Crippen molar-refractivity contribution >= 4 is 35.3 Å². The SMILES string of the molecule is O=C(N/N=C\c1cccnc1)C(=O)Nc1ccc(Cl)cc1. The topological polar surface area (TPSA) is 83.5 Å². The second-order valence-corrected chi connectivity index (χ2v) is 4.38. The Bertz CT molecular complexity index is 656. The standard InChI is InChI=1S/C14H11ClN4O2/c15-11-3-5-12(6-4-11)18-13(20)14(21)19-17-9-10-2-1-7-16-8-10/h1-9H,(H,18,20)(H,19,21)/b17-9-. The summed E-state index contributed by atoms with van der Waals surface area (Å²) in [7, 11) is 0. The lowest BCUT2D eigenvalue weighted by atomic mass is 10.3. The highest BCUT2D eigenvalue weighted by atomic mass is 35.5. The summed E-state index contributed by atoms with van der Waals surface area (Å²) in [6.07, 6.45) is 4.58. The molecule has 2 amide bonds. The van der Waals surface area contributed by atoms with Gasteiger partial charge in [0.25, 0.3) is 0 Å². The highest BCUT2D eigenvalue weighted by Gasteiger charge is 2.12. The summed E-state index contributed by atoms with van der Waals surface area (Å²) in [5.41, 5.74) is 3.30. The molecule has 0 aliphatic carbocycles. The fraction of sp³-hybridized carbons (Fsp3) is 0. The number of anilines is 1. The van der Waals surface area contributed by atoms with Gasteiger partial charge in [-0.2, -0.15) is 5.10 Å². The number of hydrogen-bond acceptors (Lipinski definition) is 4. The Morgan fingerprint density at radius 3 is 2.57 bits per heavy atom. The van der Waals surface area contributed by atoms with E-state index in [-0.39, 0.29) is 0 Å². The van der Waals surface area contributed by atoms with Crippen molar-refractivity contribution in [2.24, 2.45) is 5.10 Å². The fourth-order valence-electron chi connectivity index (χ4n) is 1.39. The number of carbonyl (C=O) groups excluding carboxylic acids is 2. The Kier molecular flexibility index (Phi) is 5.00. The zero-order valence-corrected chi connectivity index (χ0v) is 11.5. The molecule has 2 aromatic rings. The number of nitrogens with zero attached hydrogens (tertiary/aromatic N) is 2. The van der Waals surface area contributed by atoms with Crippen LogP contribution in [0, 0.1) is 0 Å². The summed E-state index contributed by atoms with van der Waals surface area (Å²) in [5.74, 6) is -1.69. The molecule has 0 unspecified atom stereocenters. The minimum atomic E-state index is -0.870. The number of amides is 2. The van der Waals surface area contributed by atoms with Gasteiger partial charge in [-0.05, 0) is 30.3 Å². The second-order valence-electron chi connectivity index (χ2n) is 3.95. The summed E-state index contributed by atoms with van der Waals surface area (Å²) in [5, 5.41) is 6.63. The predicted molar refractivity (Wildman–Crippen MR) is 80.1 cm³/mol. The zero-order chi connectivity index (χ0) is 15.1. The molecular weight excluding hydrogens is 292 g/mol. The second kappa shape index (κ2) is 7.16. The van der Waals surface area contributed by atoms with Gasteiger partial charge in [0.1, 0.15) is 0 Å². The number of aromatic nitrogens is 1. The van der Waals surface area contributed by atoms with Crippen molar-refractivity contribution in [1.82, 2.24) is 10.4 Å². The van der Waals surface area contributed by atoms with Crippen LogP contribution in [0.5, 0.6) is 0 Å². The molecule has 2 rings (SSSR count). The quantitative estimate of drug-likeness (QED) is 0.515. The smallest absolute Gasteiger partial charge is 0.318 e. The number of hydrazone groups is 1. The zero-order valence-electron chi connectivity index (χ0n) is 10.8. The number of nitrogens with one attached hydrogen (secondary N) is 2. The maximum atomic E-state index is 11.6. The van der Waals surface area contributed by atoms with Gasteiger partial charge in [0, 0.05) is 28.7 Å². The first-order valence-corrected chi connectivity index (χ1v) is 6.33. The molecule has 0 saturated carbocycles. The third kappa shape index (κ3) is 4.70. The molecule has 0 radical (unpaired) electrons. The maximum Gasteiger partial charge on any atom is 0.329 e. The molecule has 21 heavy (non-hydrogen) atoms. The summed E-state index contributed by atoms with van der Waals surface area (Å²) in [6.45, 7) is 0. The van der Waals surface area contributed by atoms with Crippen LogP contribution in [0.3, 0.4) is 0 Å². The first-order valence-electron chi connectivity index (χ1n) is 5.95. The van der Waals surface area contributed by atoms with Gasteiger partial charge in [0.15, 0.2) is 0 Å². The van der Waals surface area contributed by atoms with E-state index in [1.165, 1.54) is 6.21 Å². The van der Waals surface area contributed by atoms with Crippen LogP contribution in [0.2, 0.25) is 5.02 Å². The van der Waals surface area contributed by atoms with Crippen molar-refractivity contribution in [3.8, 4) is 0 Å². The molecule has 0 bridgehead atoms. The van der Waals surface area contributed by atoms with E-state index in [0.29, 0.717) is 16.3 Å². The number of rotatable bonds is 3. The van der Waals surface area contributed by atoms with E-state index in [0.717, 1.165) is 0 Å². The van der Waals surface area contributed by atoms with Crippen molar-refractivity contribution in [2.45, 2.75) is 0 Å². The van der Waals surface area contributed by atoms with Crippen LogP contribution in [0.4, 0.5) is 5.69 Å². The third-order valence-corrected chi connectivity index (χ3v) is 2.62. The van der Waals surface area contributed by atoms with Gasteiger partial charge in [-0.1, -0.05) is 17.7 Å². The van der Waals surface area contributed by atoms with E-state index in [1.807, 2.05) is 0 Å². The van der Waals surface area contributed by atoms with Crippen molar-refractivity contribution in [1.29, 1.82) is 0 Å². The molecule has 0 atom stereocenters. The number of benzene rings is 1. The van der Waals surface area contributed by atoms with E-state index in [9.17, 15) is 9.59 Å². The van der Waals surface area contributed by atoms with Crippen LogP contribution in [0.15, 0.2) is 53.9 Å². The molecule has 1 aromatic heterocycles. The molecule has 0 fully saturated rings. The molecule has 0 aliphatic heterocycles. The summed E-state index contributed by atoms with van der Waals surface area (Å²) in [6, 6.07) is 9.89. The summed E-state index contributed by atoms with van der Waals surface area (Å²) in [4.78, 5) is 27.0. The van der Waals surface area contributed by atoms with Gasteiger partial charge >= 0.3 is 11.8 Å². The van der Waals surface area contributed by atoms with Crippen LogP contribution in [-0.2, 0) is 9.59 Å². The molecule has 0 aliphatic rings. The molecule has 0 spiro atoms. The maximum absolute atomic E-state index is 11.6. The molecule has 7 heteroatoms. The van der Waals surface area contributed by atoms with E-state index in [4.69, 9.17) is 11.6 Å². The summed E-state index contributed by atoms with van der Waals surface area (Å²) >= 11 is 5.72. The van der Waals surface area contributed by atoms with E-state index < -0.39 is 11.8 Å². The third-order valence-electron chi connectivity index (χ3n) is 2.37. The molecule has 0 saturated heterocycles. The highest BCUT2D eigenvalue weighted by molar-refractivity contribution is 6.39. The van der Waals surface area contributed by atoms with Crippen molar-refractivity contribution < 1.29 is 9.59 Å². The molecule has 6 nitrogen and oxygen atoms in total. The van der Waals surface area contributed by atoms with E-state index >= 15 is 0 Å². The van der Waals surface area contributed by atoms with Crippen LogP contribution >= 0.6 is 11.6 Å². The minimum absolute atomic E-state index is 0.468. The van der Waals surface area contributed by atoms with E-state index in [2.05, 4.69) is 20.8 Å². The fourth-order valence-corrected chi connectivity index (χ4v) is 1.52. The number of carbonyl (C=O) groups is 2. The van der Waals surface area contributed by atoms with Gasteiger partial charge in [0.2, 0.25) is 0 Å². The monoisotopic (exact) mass is 302 g/mol. The molecule has 1 heterocycles. The minimum Gasteiger partial charge on any atom is -0.318 e. The predicted octanol–water partition coefficient (Wildman–Crippen LogP) is 1.82. The Morgan fingerprint density at radius 2 is 1.90 bits per heavy atom. The normalized spacial score (nSPS) is 10.3. The average molecular weight is 303 g/mol. The van der Waals surface area contributed by atoms with Gasteiger partial charge in [-0.25, -0.2) is 5.43 Å². The van der Waals surface area contributed by atoms with Gasteiger partial charge in [-0.3, -0.25) is 14.6 Å². The van der Waals surface area contributed by atoms with Crippen molar-refractivity contribution in [3.05, 3.63) is 59.4 Å². The number of pyridine rings is 1. The Labute approximate surface area is 125 Å². The Balaban J connectivity index is 1.87. The lowest BCUT2D eigenvalue weighted by Gasteiger charge is -2.03. The highest BCUT2D eigenvalue weighted by Crippen LogP contribution is 2.13. The van der Waals surface area contributed by atoms with Gasteiger partial charge in [0.05, 0.1) is 6.21 Å². The van der Waals surface area contributed by atoms with Crippen molar-refractivity contribution in [2.75, 3.05) is 5.32 Å². The molecule has 2 N–H and O–H groups in total. The number of halogens is 1. The van der Waals surface area contributed by atoms with Crippen LogP contribution < -0.4 is 10.7 Å². The first-order chi connectivity index (χ1) is 10.1. The van der Waals surface area contributed by atoms with Gasteiger partial charge in [-0.15, -0.1) is 0 Å². The van der Waals surface area contributed by atoms with Crippen LogP contribution in [0.25, 0.3) is 0 Å². The first kappa shape index (κ1) is 14.7. The lowest BCUT2D eigenvalue weighted by molar-refractivity contribution is -0.136. The molecule has 106 valence electrons. The largest absolute Gasteiger partial charge is 0.329 e. The Hall–Kier alpha value is -2.73. The van der Waals surface area contributed by atoms with Crippen LogP contribution in [0.1, 0.15) is 5.56 Å². The van der Waals surface area contributed by atoms with Crippen molar-refractivity contribution in [3.63, 3.8) is 0 Å². The van der Waals surface area contributed by atoms with Gasteiger partial charge < -0.3 is 5.32 Å². The van der Waals surface area contributed by atoms with E-state index in [1.54, 1.807) is 48.8 Å². The lowest BCUT2D eigenvalue weighted by Crippen LogP contribution is -2.32.